The van der Waals surface area contributed by atoms with Crippen molar-refractivity contribution in [1.82, 2.24) is 9.55 Å². The quantitative estimate of drug-likeness (QED) is 0.407. The van der Waals surface area contributed by atoms with Crippen LogP contribution in [0.25, 0.3) is 11.0 Å². The Kier molecular flexibility index (Phi) is 6.46. The summed E-state index contributed by atoms with van der Waals surface area (Å²) in [7, 11) is 2.05. The maximum Gasteiger partial charge on any atom is 0.265 e. The molecule has 2 amide bonds. The van der Waals surface area contributed by atoms with E-state index in [-0.39, 0.29) is 30.4 Å². The zero-order valence-electron chi connectivity index (χ0n) is 21.7. The number of aromatic nitrogens is 2. The monoisotopic (exact) mass is 496 g/mol. The van der Waals surface area contributed by atoms with Crippen LogP contribution in [-0.2, 0) is 34.9 Å². The van der Waals surface area contributed by atoms with Gasteiger partial charge in [-0.3, -0.25) is 14.5 Å². The number of hydrogen-bond donors (Lipinski definition) is 1. The van der Waals surface area contributed by atoms with Gasteiger partial charge in [-0.05, 0) is 59.4 Å². The molecule has 0 bridgehead atoms. The Morgan fingerprint density at radius 3 is 2.51 bits per heavy atom. The molecule has 7 nitrogen and oxygen atoms in total. The molecule has 5 rings (SSSR count). The molecule has 4 aromatic rings. The van der Waals surface area contributed by atoms with E-state index in [1.54, 1.807) is 0 Å². The van der Waals surface area contributed by atoms with Crippen molar-refractivity contribution in [3.8, 4) is 5.75 Å². The van der Waals surface area contributed by atoms with Gasteiger partial charge in [0, 0.05) is 19.2 Å². The van der Waals surface area contributed by atoms with Crippen molar-refractivity contribution in [2.24, 2.45) is 7.05 Å². The molecule has 0 atom stereocenters. The number of hydrogen-bond acceptors (Lipinski definition) is 4. The highest BCUT2D eigenvalue weighted by molar-refractivity contribution is 6.05. The minimum Gasteiger partial charge on any atom is -0.482 e. The lowest BCUT2D eigenvalue weighted by molar-refractivity contribution is -0.123. The predicted molar refractivity (Wildman–Crippen MR) is 146 cm³/mol. The molecule has 37 heavy (non-hydrogen) atoms. The Hall–Kier alpha value is -4.13. The minimum atomic E-state index is -0.255. The number of imidazole rings is 1. The highest BCUT2D eigenvalue weighted by Gasteiger charge is 2.29. The van der Waals surface area contributed by atoms with E-state index in [2.05, 4.69) is 36.7 Å². The van der Waals surface area contributed by atoms with Gasteiger partial charge in [0.25, 0.3) is 5.91 Å². The SMILES string of the molecule is Cn1c(CCc2ccc(NC(=O)CN3C(=O)COc4ccc(C(C)(C)C)cc43)cc2)nc2ccccc21. The second-order valence-corrected chi connectivity index (χ2v) is 10.5. The lowest BCUT2D eigenvalue weighted by Gasteiger charge is -2.31. The first-order chi connectivity index (χ1) is 17.7. The molecule has 2 heterocycles. The van der Waals surface area contributed by atoms with Crippen LogP contribution in [0.15, 0.2) is 66.7 Å². The van der Waals surface area contributed by atoms with Crippen LogP contribution in [0.4, 0.5) is 11.4 Å². The Bertz CT molecular complexity index is 1460. The summed E-state index contributed by atoms with van der Waals surface area (Å²) in [5.74, 6) is 1.18. The van der Waals surface area contributed by atoms with Crippen molar-refractivity contribution in [2.75, 3.05) is 23.4 Å². The van der Waals surface area contributed by atoms with E-state index in [4.69, 9.17) is 9.72 Å². The highest BCUT2D eigenvalue weighted by atomic mass is 16.5. The largest absolute Gasteiger partial charge is 0.482 e. The predicted octanol–water partition coefficient (Wildman–Crippen LogP) is 5.02. The maximum absolute atomic E-state index is 12.9. The molecule has 0 saturated carbocycles. The van der Waals surface area contributed by atoms with Crippen molar-refractivity contribution in [3.05, 3.63) is 83.7 Å². The van der Waals surface area contributed by atoms with Crippen LogP contribution in [0.5, 0.6) is 5.75 Å². The number of aryl methyl sites for hydroxylation is 3. The second kappa shape index (κ2) is 9.73. The number of carbonyl (C=O) groups excluding carboxylic acids is 2. The molecule has 1 aromatic heterocycles. The van der Waals surface area contributed by atoms with E-state index in [1.165, 1.54) is 4.90 Å². The molecule has 0 unspecified atom stereocenters. The molecule has 190 valence electrons. The second-order valence-electron chi connectivity index (χ2n) is 10.5. The standard InChI is InChI=1S/C30H32N4O3/c1-30(2,3)21-12-15-26-25(17-21)34(29(36)19-37-26)18-28(35)31-22-13-9-20(10-14-22)11-16-27-32-23-7-5-6-8-24(23)33(27)4/h5-10,12-15,17H,11,16,18-19H2,1-4H3,(H,31,35). The molecular weight excluding hydrogens is 464 g/mol. The van der Waals surface area contributed by atoms with E-state index in [0.29, 0.717) is 17.1 Å². The number of amides is 2. The third-order valence-corrected chi connectivity index (χ3v) is 6.82. The summed E-state index contributed by atoms with van der Waals surface area (Å²) >= 11 is 0. The third-order valence-electron chi connectivity index (χ3n) is 6.82. The molecule has 1 aliphatic heterocycles. The van der Waals surface area contributed by atoms with Crippen LogP contribution in [0, 0.1) is 0 Å². The molecule has 0 saturated heterocycles. The highest BCUT2D eigenvalue weighted by Crippen LogP contribution is 2.36. The first kappa shape index (κ1) is 24.6. The van der Waals surface area contributed by atoms with E-state index in [9.17, 15) is 9.59 Å². The summed E-state index contributed by atoms with van der Waals surface area (Å²) in [5.41, 5.74) is 5.62. The zero-order valence-corrected chi connectivity index (χ0v) is 21.7. The Morgan fingerprint density at radius 1 is 1.03 bits per heavy atom. The van der Waals surface area contributed by atoms with Gasteiger partial charge in [0.05, 0.1) is 16.7 Å². The van der Waals surface area contributed by atoms with Crippen LogP contribution in [-0.4, -0.2) is 34.5 Å². The van der Waals surface area contributed by atoms with Gasteiger partial charge in [0.2, 0.25) is 5.91 Å². The van der Waals surface area contributed by atoms with Gasteiger partial charge in [-0.15, -0.1) is 0 Å². The van der Waals surface area contributed by atoms with Crippen molar-refractivity contribution in [1.29, 1.82) is 0 Å². The fourth-order valence-electron chi connectivity index (χ4n) is 4.62. The van der Waals surface area contributed by atoms with Crippen LogP contribution < -0.4 is 15.0 Å². The van der Waals surface area contributed by atoms with Gasteiger partial charge in [0.1, 0.15) is 18.1 Å². The Morgan fingerprint density at radius 2 is 1.78 bits per heavy atom. The molecule has 1 aliphatic rings. The first-order valence-corrected chi connectivity index (χ1v) is 12.6. The van der Waals surface area contributed by atoms with E-state index < -0.39 is 0 Å². The van der Waals surface area contributed by atoms with Crippen molar-refractivity contribution < 1.29 is 14.3 Å². The first-order valence-electron chi connectivity index (χ1n) is 12.6. The van der Waals surface area contributed by atoms with Gasteiger partial charge in [-0.2, -0.15) is 0 Å². The van der Waals surface area contributed by atoms with E-state index in [0.717, 1.165) is 40.8 Å². The van der Waals surface area contributed by atoms with Crippen LogP contribution in [0.2, 0.25) is 0 Å². The minimum absolute atomic E-state index is 0.0722. The fourth-order valence-corrected chi connectivity index (χ4v) is 4.62. The summed E-state index contributed by atoms with van der Waals surface area (Å²) in [6.07, 6.45) is 1.67. The summed E-state index contributed by atoms with van der Waals surface area (Å²) in [4.78, 5) is 31.8. The van der Waals surface area contributed by atoms with Crippen LogP contribution in [0.1, 0.15) is 37.7 Å². The van der Waals surface area contributed by atoms with Gasteiger partial charge in [-0.25, -0.2) is 4.98 Å². The Balaban J connectivity index is 1.22. The number of ether oxygens (including phenoxy) is 1. The fraction of sp³-hybridized carbons (Fsp3) is 0.300. The maximum atomic E-state index is 12.9. The molecule has 0 spiro atoms. The smallest absolute Gasteiger partial charge is 0.265 e. The van der Waals surface area contributed by atoms with Gasteiger partial charge in [-0.1, -0.05) is 51.1 Å². The van der Waals surface area contributed by atoms with Crippen LogP contribution in [0.3, 0.4) is 0 Å². The average molecular weight is 497 g/mol. The lowest BCUT2D eigenvalue weighted by atomic mass is 9.86. The topological polar surface area (TPSA) is 76.5 Å². The van der Waals surface area contributed by atoms with E-state index >= 15 is 0 Å². The van der Waals surface area contributed by atoms with Crippen molar-refractivity contribution in [3.63, 3.8) is 0 Å². The molecule has 1 N–H and O–H groups in total. The van der Waals surface area contributed by atoms with Gasteiger partial charge in [0.15, 0.2) is 6.61 Å². The summed E-state index contributed by atoms with van der Waals surface area (Å²) in [5, 5.41) is 2.92. The molecular formula is C30H32N4O3. The summed E-state index contributed by atoms with van der Waals surface area (Å²) in [6, 6.07) is 21.8. The number of rotatable bonds is 6. The molecule has 7 heteroatoms. The van der Waals surface area contributed by atoms with Crippen molar-refractivity contribution in [2.45, 2.75) is 39.0 Å². The Labute approximate surface area is 217 Å². The van der Waals surface area contributed by atoms with Crippen LogP contribution >= 0.6 is 0 Å². The summed E-state index contributed by atoms with van der Waals surface area (Å²) in [6.45, 7) is 6.19. The average Bonchev–Trinajstić information content (AvgIpc) is 3.20. The van der Waals surface area contributed by atoms with Gasteiger partial charge >= 0.3 is 0 Å². The number of anilines is 2. The number of fused-ring (bicyclic) bond motifs is 2. The number of para-hydroxylation sites is 2. The molecule has 0 radical (unpaired) electrons. The molecule has 3 aromatic carbocycles. The summed E-state index contributed by atoms with van der Waals surface area (Å²) < 4.78 is 7.74. The third kappa shape index (κ3) is 5.21. The molecule has 0 aliphatic carbocycles. The number of carbonyl (C=O) groups is 2. The number of benzene rings is 3. The number of nitrogens with one attached hydrogen (secondary N) is 1. The number of nitrogens with zero attached hydrogens (tertiary/aromatic N) is 3. The van der Waals surface area contributed by atoms with E-state index in [1.807, 2.05) is 67.7 Å². The molecule has 0 fully saturated rings. The van der Waals surface area contributed by atoms with Crippen molar-refractivity contribution >= 4 is 34.2 Å². The lowest BCUT2D eigenvalue weighted by Crippen LogP contribution is -2.43. The normalized spacial score (nSPS) is 13.4. The van der Waals surface area contributed by atoms with Gasteiger partial charge < -0.3 is 14.6 Å². The zero-order chi connectivity index (χ0) is 26.2.